The summed E-state index contributed by atoms with van der Waals surface area (Å²) in [6, 6.07) is 9.60. The fraction of sp³-hybridized carbons (Fsp3) is 0.267. The predicted molar refractivity (Wildman–Crippen MR) is 84.7 cm³/mol. The molecule has 1 aromatic heterocycles. The molecule has 1 atom stereocenters. The van der Waals surface area contributed by atoms with Gasteiger partial charge < -0.3 is 10.6 Å². The van der Waals surface area contributed by atoms with Crippen LogP contribution in [0.25, 0.3) is 10.8 Å². The van der Waals surface area contributed by atoms with E-state index in [1.54, 1.807) is 18.1 Å². The highest BCUT2D eigenvalue weighted by Gasteiger charge is 2.18. The molecule has 0 bridgehead atoms. The molecule has 1 heterocycles. The minimum absolute atomic E-state index is 0.0195. The van der Waals surface area contributed by atoms with Gasteiger partial charge >= 0.3 is 0 Å². The lowest BCUT2D eigenvalue weighted by Gasteiger charge is -2.21. The van der Waals surface area contributed by atoms with Crippen molar-refractivity contribution in [3.8, 4) is 0 Å². The van der Waals surface area contributed by atoms with Gasteiger partial charge in [-0.2, -0.15) is 0 Å². The summed E-state index contributed by atoms with van der Waals surface area (Å²) < 4.78 is 0. The lowest BCUT2D eigenvalue weighted by molar-refractivity contribution is 0.0783. The summed E-state index contributed by atoms with van der Waals surface area (Å²) in [5, 5.41) is 1.86. The second-order valence-corrected chi connectivity index (χ2v) is 5.34. The zero-order valence-corrected chi connectivity index (χ0v) is 12.4. The molecular formula is C15H17N3OS. The van der Waals surface area contributed by atoms with Crippen molar-refractivity contribution < 1.29 is 4.79 Å². The first kappa shape index (κ1) is 14.4. The molecule has 0 aliphatic heterocycles. The molecule has 0 aliphatic carbocycles. The first-order valence-corrected chi connectivity index (χ1v) is 6.80. The summed E-state index contributed by atoms with van der Waals surface area (Å²) >= 11 is 4.94. The Morgan fingerprint density at radius 1 is 1.40 bits per heavy atom. The zero-order chi connectivity index (χ0) is 14.7. The van der Waals surface area contributed by atoms with E-state index in [-0.39, 0.29) is 11.8 Å². The fourth-order valence-electron chi connectivity index (χ4n) is 2.05. The van der Waals surface area contributed by atoms with E-state index < -0.39 is 0 Å². The third-order valence-electron chi connectivity index (χ3n) is 3.26. The highest BCUT2D eigenvalue weighted by molar-refractivity contribution is 7.80. The van der Waals surface area contributed by atoms with Gasteiger partial charge in [0.05, 0.1) is 4.99 Å². The monoisotopic (exact) mass is 287 g/mol. The predicted octanol–water partition coefficient (Wildman–Crippen LogP) is 2.23. The van der Waals surface area contributed by atoms with Crippen molar-refractivity contribution in [2.45, 2.75) is 6.92 Å². The maximum Gasteiger partial charge on any atom is 0.272 e. The van der Waals surface area contributed by atoms with Gasteiger partial charge in [-0.25, -0.2) is 0 Å². The van der Waals surface area contributed by atoms with E-state index >= 15 is 0 Å². The highest BCUT2D eigenvalue weighted by atomic mass is 32.1. The number of nitrogens with zero attached hydrogens (tertiary/aromatic N) is 2. The minimum Gasteiger partial charge on any atom is -0.393 e. The molecule has 2 rings (SSSR count). The number of rotatable bonds is 4. The van der Waals surface area contributed by atoms with Gasteiger partial charge in [0, 0.05) is 31.1 Å². The van der Waals surface area contributed by atoms with Gasteiger partial charge in [-0.3, -0.25) is 9.78 Å². The number of nitrogens with two attached hydrogens (primary N) is 1. The number of benzene rings is 1. The Morgan fingerprint density at radius 2 is 2.10 bits per heavy atom. The second-order valence-electron chi connectivity index (χ2n) is 4.87. The van der Waals surface area contributed by atoms with Crippen molar-refractivity contribution in [3.05, 3.63) is 42.2 Å². The number of hydrogen-bond acceptors (Lipinski definition) is 3. The van der Waals surface area contributed by atoms with Crippen LogP contribution in [0.2, 0.25) is 0 Å². The van der Waals surface area contributed by atoms with Crippen LogP contribution in [0.5, 0.6) is 0 Å². The molecule has 1 amide bonds. The number of carbonyl (C=O) groups excluding carboxylic acids is 1. The molecule has 104 valence electrons. The Morgan fingerprint density at radius 3 is 2.80 bits per heavy atom. The van der Waals surface area contributed by atoms with Gasteiger partial charge in [-0.15, -0.1) is 0 Å². The third kappa shape index (κ3) is 2.93. The molecule has 2 N–H and O–H groups in total. The third-order valence-corrected chi connectivity index (χ3v) is 3.66. The second kappa shape index (κ2) is 5.96. The first-order valence-electron chi connectivity index (χ1n) is 6.39. The van der Waals surface area contributed by atoms with Crippen LogP contribution in [0.3, 0.4) is 0 Å². The minimum atomic E-state index is -0.120. The maximum atomic E-state index is 12.5. The number of pyridine rings is 1. The molecule has 0 spiro atoms. The number of hydrogen-bond donors (Lipinski definition) is 1. The van der Waals surface area contributed by atoms with Crippen molar-refractivity contribution in [2.24, 2.45) is 11.7 Å². The van der Waals surface area contributed by atoms with Crippen molar-refractivity contribution in [1.29, 1.82) is 0 Å². The fourth-order valence-corrected chi connectivity index (χ4v) is 2.13. The number of aromatic nitrogens is 1. The summed E-state index contributed by atoms with van der Waals surface area (Å²) in [7, 11) is 1.74. The Balaban J connectivity index is 2.29. The average molecular weight is 287 g/mol. The van der Waals surface area contributed by atoms with E-state index in [2.05, 4.69) is 4.98 Å². The van der Waals surface area contributed by atoms with Gasteiger partial charge in [0.1, 0.15) is 5.69 Å². The van der Waals surface area contributed by atoms with Crippen molar-refractivity contribution >= 4 is 33.9 Å². The Kier molecular flexibility index (Phi) is 4.29. The molecule has 5 heteroatoms. The van der Waals surface area contributed by atoms with Crippen LogP contribution >= 0.6 is 12.2 Å². The molecule has 0 radical (unpaired) electrons. The molecule has 0 aliphatic rings. The van der Waals surface area contributed by atoms with E-state index in [0.717, 1.165) is 10.8 Å². The van der Waals surface area contributed by atoms with Crippen LogP contribution in [0.4, 0.5) is 0 Å². The van der Waals surface area contributed by atoms with Gasteiger partial charge in [0.25, 0.3) is 5.91 Å². The lowest BCUT2D eigenvalue weighted by atomic mass is 10.1. The molecule has 2 aromatic rings. The molecule has 4 nitrogen and oxygen atoms in total. The Bertz CT molecular complexity index is 651. The summed E-state index contributed by atoms with van der Waals surface area (Å²) in [6.07, 6.45) is 1.65. The number of amides is 1. The van der Waals surface area contributed by atoms with E-state index in [4.69, 9.17) is 18.0 Å². The largest absolute Gasteiger partial charge is 0.393 e. The highest BCUT2D eigenvalue weighted by Crippen LogP contribution is 2.17. The van der Waals surface area contributed by atoms with Crippen molar-refractivity contribution in [3.63, 3.8) is 0 Å². The SMILES string of the molecule is CC(CN(C)C(=O)c1nccc2ccccc12)C(N)=S. The first-order chi connectivity index (χ1) is 9.50. The molecule has 20 heavy (non-hydrogen) atoms. The van der Waals surface area contributed by atoms with Crippen LogP contribution in [0, 0.1) is 5.92 Å². The van der Waals surface area contributed by atoms with Crippen LogP contribution in [-0.4, -0.2) is 34.4 Å². The van der Waals surface area contributed by atoms with E-state index in [1.165, 1.54) is 0 Å². The average Bonchev–Trinajstić information content (AvgIpc) is 2.45. The van der Waals surface area contributed by atoms with Gasteiger partial charge in [0.15, 0.2) is 0 Å². The molecule has 1 aromatic carbocycles. The summed E-state index contributed by atoms with van der Waals surface area (Å²) in [6.45, 7) is 2.39. The van der Waals surface area contributed by atoms with Crippen LogP contribution in [0.15, 0.2) is 36.5 Å². The topological polar surface area (TPSA) is 59.2 Å². The molecular weight excluding hydrogens is 270 g/mol. The number of thiocarbonyl (C=S) groups is 1. The van der Waals surface area contributed by atoms with Gasteiger partial charge in [0.2, 0.25) is 0 Å². The summed E-state index contributed by atoms with van der Waals surface area (Å²) in [5.74, 6) is -0.140. The molecule has 0 saturated heterocycles. The van der Waals surface area contributed by atoms with E-state index in [1.807, 2.05) is 37.3 Å². The zero-order valence-electron chi connectivity index (χ0n) is 11.5. The Labute approximate surface area is 123 Å². The van der Waals surface area contributed by atoms with Gasteiger partial charge in [-0.05, 0) is 11.5 Å². The van der Waals surface area contributed by atoms with E-state index in [0.29, 0.717) is 17.2 Å². The maximum absolute atomic E-state index is 12.5. The smallest absolute Gasteiger partial charge is 0.272 e. The quantitative estimate of drug-likeness (QED) is 0.876. The normalized spacial score (nSPS) is 12.1. The van der Waals surface area contributed by atoms with Crippen molar-refractivity contribution in [1.82, 2.24) is 9.88 Å². The molecule has 1 unspecified atom stereocenters. The van der Waals surface area contributed by atoms with Gasteiger partial charge in [-0.1, -0.05) is 43.4 Å². The molecule has 0 fully saturated rings. The summed E-state index contributed by atoms with van der Waals surface area (Å²) in [5.41, 5.74) is 6.05. The van der Waals surface area contributed by atoms with Crippen molar-refractivity contribution in [2.75, 3.05) is 13.6 Å². The number of fused-ring (bicyclic) bond motifs is 1. The Hall–Kier alpha value is -2.01. The van der Waals surface area contributed by atoms with E-state index in [9.17, 15) is 4.79 Å². The molecule has 0 saturated carbocycles. The van der Waals surface area contributed by atoms with Crippen LogP contribution < -0.4 is 5.73 Å². The van der Waals surface area contributed by atoms with Crippen LogP contribution in [0.1, 0.15) is 17.4 Å². The summed E-state index contributed by atoms with van der Waals surface area (Å²) in [4.78, 5) is 18.7. The standard InChI is InChI=1S/C15H17N3OS/c1-10(14(16)20)9-18(2)15(19)13-12-6-4-3-5-11(12)7-8-17-13/h3-8,10H,9H2,1-2H3,(H2,16,20). The number of carbonyl (C=O) groups is 1. The van der Waals surface area contributed by atoms with Crippen LogP contribution in [-0.2, 0) is 0 Å². The lowest BCUT2D eigenvalue weighted by Crippen LogP contribution is -2.35.